The van der Waals surface area contributed by atoms with Gasteiger partial charge in [0, 0.05) is 16.1 Å². The average molecular weight is 352 g/mol. The van der Waals surface area contributed by atoms with Crippen LogP contribution in [0.3, 0.4) is 0 Å². The number of hydrogen-bond donors (Lipinski definition) is 1. The van der Waals surface area contributed by atoms with Crippen molar-refractivity contribution in [3.05, 3.63) is 63.4 Å². The first-order chi connectivity index (χ1) is 10.1. The van der Waals surface area contributed by atoms with Gasteiger partial charge in [0.25, 0.3) is 0 Å². The van der Waals surface area contributed by atoms with Gasteiger partial charge in [-0.1, -0.05) is 41.1 Å². The topological polar surface area (TPSA) is 21.3 Å². The largest absolute Gasteiger partial charge is 0.497 e. The highest BCUT2D eigenvalue weighted by Gasteiger charge is 2.18. The summed E-state index contributed by atoms with van der Waals surface area (Å²) >= 11 is 3.54. The minimum absolute atomic E-state index is 0.183. The molecule has 0 saturated carbocycles. The molecule has 2 rings (SSSR count). The Morgan fingerprint density at radius 1 is 1.24 bits per heavy atom. The van der Waals surface area contributed by atoms with Crippen molar-refractivity contribution in [2.24, 2.45) is 0 Å². The monoisotopic (exact) mass is 351 g/mol. The van der Waals surface area contributed by atoms with Gasteiger partial charge in [-0.05, 0) is 36.7 Å². The van der Waals surface area contributed by atoms with Crippen LogP contribution in [0.4, 0.5) is 4.39 Å². The van der Waals surface area contributed by atoms with Crippen LogP contribution in [-0.4, -0.2) is 13.7 Å². The molecule has 0 saturated heterocycles. The molecule has 2 aromatic rings. The minimum atomic E-state index is -0.267. The maximum atomic E-state index is 14.3. The SMILES string of the molecule is CCNC(c1ccc(C)c(Br)c1)c1ccc(OC)cc1F. The van der Waals surface area contributed by atoms with Crippen LogP contribution in [0.5, 0.6) is 5.75 Å². The first-order valence-electron chi connectivity index (χ1n) is 6.89. The van der Waals surface area contributed by atoms with E-state index in [2.05, 4.69) is 21.2 Å². The highest BCUT2D eigenvalue weighted by atomic mass is 79.9. The molecule has 0 aliphatic carbocycles. The predicted octanol–water partition coefficient (Wildman–Crippen LogP) is 4.60. The van der Waals surface area contributed by atoms with E-state index in [9.17, 15) is 4.39 Å². The smallest absolute Gasteiger partial charge is 0.132 e. The van der Waals surface area contributed by atoms with Crippen molar-refractivity contribution in [3.8, 4) is 5.75 Å². The Kier molecular flexibility index (Phi) is 5.37. The number of methoxy groups -OCH3 is 1. The lowest BCUT2D eigenvalue weighted by Gasteiger charge is -2.20. The molecule has 0 radical (unpaired) electrons. The second kappa shape index (κ2) is 7.05. The Hall–Kier alpha value is -1.39. The van der Waals surface area contributed by atoms with Gasteiger partial charge in [-0.15, -0.1) is 0 Å². The van der Waals surface area contributed by atoms with Crippen LogP contribution in [0.1, 0.15) is 29.7 Å². The number of hydrogen-bond acceptors (Lipinski definition) is 2. The molecule has 112 valence electrons. The van der Waals surface area contributed by atoms with E-state index in [1.165, 1.54) is 13.2 Å². The molecule has 0 heterocycles. The molecular formula is C17H19BrFNO. The highest BCUT2D eigenvalue weighted by Crippen LogP contribution is 2.29. The minimum Gasteiger partial charge on any atom is -0.497 e. The molecule has 0 aliphatic heterocycles. The zero-order valence-corrected chi connectivity index (χ0v) is 14.0. The Labute approximate surface area is 133 Å². The quantitative estimate of drug-likeness (QED) is 0.849. The van der Waals surface area contributed by atoms with Crippen molar-refractivity contribution in [1.29, 1.82) is 0 Å². The average Bonchev–Trinajstić information content (AvgIpc) is 2.48. The number of benzene rings is 2. The number of nitrogens with one attached hydrogen (secondary N) is 1. The van der Waals surface area contributed by atoms with Gasteiger partial charge in [0.2, 0.25) is 0 Å². The zero-order valence-electron chi connectivity index (χ0n) is 12.4. The van der Waals surface area contributed by atoms with E-state index >= 15 is 0 Å². The Morgan fingerprint density at radius 3 is 2.57 bits per heavy atom. The third-order valence-electron chi connectivity index (χ3n) is 3.46. The highest BCUT2D eigenvalue weighted by molar-refractivity contribution is 9.10. The molecule has 1 N–H and O–H groups in total. The Bertz CT molecular complexity index is 630. The standard InChI is InChI=1S/C17H19BrFNO/c1-4-20-17(12-6-5-11(2)15(18)9-12)14-8-7-13(21-3)10-16(14)19/h5-10,17,20H,4H2,1-3H3. The van der Waals surface area contributed by atoms with E-state index in [-0.39, 0.29) is 11.9 Å². The van der Waals surface area contributed by atoms with E-state index in [4.69, 9.17) is 4.74 Å². The first kappa shape index (κ1) is 16.0. The van der Waals surface area contributed by atoms with Crippen molar-refractivity contribution in [2.45, 2.75) is 19.9 Å². The summed E-state index contributed by atoms with van der Waals surface area (Å²) in [5, 5.41) is 3.34. The van der Waals surface area contributed by atoms with E-state index in [1.807, 2.05) is 32.0 Å². The summed E-state index contributed by atoms with van der Waals surface area (Å²) in [5.41, 5.74) is 2.80. The van der Waals surface area contributed by atoms with Crippen LogP contribution in [-0.2, 0) is 0 Å². The summed E-state index contributed by atoms with van der Waals surface area (Å²) < 4.78 is 20.4. The maximum absolute atomic E-state index is 14.3. The second-order valence-corrected chi connectivity index (χ2v) is 5.74. The van der Waals surface area contributed by atoms with Crippen LogP contribution in [0.2, 0.25) is 0 Å². The summed E-state index contributed by atoms with van der Waals surface area (Å²) in [7, 11) is 1.54. The summed E-state index contributed by atoms with van der Waals surface area (Å²) in [6.07, 6.45) is 0. The van der Waals surface area contributed by atoms with E-state index < -0.39 is 0 Å². The van der Waals surface area contributed by atoms with Gasteiger partial charge in [-0.2, -0.15) is 0 Å². The summed E-state index contributed by atoms with van der Waals surface area (Å²) in [4.78, 5) is 0. The van der Waals surface area contributed by atoms with Gasteiger partial charge in [-0.25, -0.2) is 4.39 Å². The predicted molar refractivity (Wildman–Crippen MR) is 87.4 cm³/mol. The molecular weight excluding hydrogens is 333 g/mol. The lowest BCUT2D eigenvalue weighted by molar-refractivity contribution is 0.410. The zero-order chi connectivity index (χ0) is 15.4. The molecule has 0 amide bonds. The molecule has 4 heteroatoms. The summed E-state index contributed by atoms with van der Waals surface area (Å²) in [6, 6.07) is 10.9. The van der Waals surface area contributed by atoms with E-state index in [1.54, 1.807) is 12.1 Å². The fourth-order valence-electron chi connectivity index (χ4n) is 2.27. The lowest BCUT2D eigenvalue weighted by Crippen LogP contribution is -2.23. The number of ether oxygens (including phenoxy) is 1. The normalized spacial score (nSPS) is 12.2. The van der Waals surface area contributed by atoms with Gasteiger partial charge in [0.1, 0.15) is 11.6 Å². The van der Waals surface area contributed by atoms with Crippen LogP contribution in [0.15, 0.2) is 40.9 Å². The molecule has 0 aliphatic rings. The van der Waals surface area contributed by atoms with Crippen LogP contribution in [0, 0.1) is 12.7 Å². The summed E-state index contributed by atoms with van der Waals surface area (Å²) in [5.74, 6) is 0.258. The first-order valence-corrected chi connectivity index (χ1v) is 7.69. The third-order valence-corrected chi connectivity index (χ3v) is 4.31. The fraction of sp³-hybridized carbons (Fsp3) is 0.294. The van der Waals surface area contributed by atoms with Crippen molar-refractivity contribution in [1.82, 2.24) is 5.32 Å². The Balaban J connectivity index is 2.45. The molecule has 1 unspecified atom stereocenters. The molecule has 1 atom stereocenters. The maximum Gasteiger partial charge on any atom is 0.132 e. The molecule has 0 bridgehead atoms. The van der Waals surface area contributed by atoms with Crippen molar-refractivity contribution < 1.29 is 9.13 Å². The van der Waals surface area contributed by atoms with E-state index in [0.29, 0.717) is 11.3 Å². The van der Waals surface area contributed by atoms with Gasteiger partial charge in [-0.3, -0.25) is 0 Å². The fourth-order valence-corrected chi connectivity index (χ4v) is 2.67. The lowest BCUT2D eigenvalue weighted by atomic mass is 9.97. The molecule has 0 spiro atoms. The van der Waals surface area contributed by atoms with Gasteiger partial charge in [0.05, 0.1) is 13.2 Å². The third kappa shape index (κ3) is 3.63. The molecule has 2 nitrogen and oxygen atoms in total. The van der Waals surface area contributed by atoms with Gasteiger partial charge < -0.3 is 10.1 Å². The second-order valence-electron chi connectivity index (χ2n) is 4.89. The van der Waals surface area contributed by atoms with Crippen LogP contribution in [0.25, 0.3) is 0 Å². The van der Waals surface area contributed by atoms with Gasteiger partial charge in [0.15, 0.2) is 0 Å². The van der Waals surface area contributed by atoms with Gasteiger partial charge >= 0.3 is 0 Å². The van der Waals surface area contributed by atoms with Crippen molar-refractivity contribution >= 4 is 15.9 Å². The number of rotatable bonds is 5. The Morgan fingerprint density at radius 2 is 2.00 bits per heavy atom. The van der Waals surface area contributed by atoms with Crippen molar-refractivity contribution in [2.75, 3.05) is 13.7 Å². The number of aryl methyl sites for hydroxylation is 1. The molecule has 0 fully saturated rings. The van der Waals surface area contributed by atoms with Crippen molar-refractivity contribution in [3.63, 3.8) is 0 Å². The molecule has 0 aromatic heterocycles. The van der Waals surface area contributed by atoms with E-state index in [0.717, 1.165) is 22.1 Å². The molecule has 21 heavy (non-hydrogen) atoms. The summed E-state index contributed by atoms with van der Waals surface area (Å²) in [6.45, 7) is 4.80. The molecule has 2 aromatic carbocycles. The van der Waals surface area contributed by atoms with Crippen LogP contribution < -0.4 is 10.1 Å². The van der Waals surface area contributed by atoms with Crippen LogP contribution >= 0.6 is 15.9 Å². The number of halogens is 2.